The van der Waals surface area contributed by atoms with Gasteiger partial charge in [0.1, 0.15) is 0 Å². The van der Waals surface area contributed by atoms with Crippen LogP contribution >= 0.6 is 0 Å². The first-order valence-electron chi connectivity index (χ1n) is 11.2. The number of ketones is 1. The van der Waals surface area contributed by atoms with E-state index < -0.39 is 5.41 Å². The summed E-state index contributed by atoms with van der Waals surface area (Å²) in [6.07, 6.45) is 10.2. The molecule has 0 spiro atoms. The van der Waals surface area contributed by atoms with Crippen LogP contribution in [-0.2, 0) is 9.53 Å². The lowest BCUT2D eigenvalue weighted by atomic mass is 9.68. The molecule has 3 heteroatoms. The first-order chi connectivity index (χ1) is 13.6. The highest BCUT2D eigenvalue weighted by Crippen LogP contribution is 2.53. The molecule has 0 amide bonds. The van der Waals surface area contributed by atoms with E-state index >= 15 is 0 Å². The molecule has 5 atom stereocenters. The Morgan fingerprint density at radius 2 is 1.89 bits per heavy atom. The molecule has 0 radical (unpaired) electrons. The molecule has 3 nitrogen and oxygen atoms in total. The topological polar surface area (TPSA) is 46.5 Å². The number of carbonyl (C=O) groups is 1. The quantitative estimate of drug-likeness (QED) is 0.503. The van der Waals surface area contributed by atoms with Gasteiger partial charge in [-0.15, -0.1) is 0 Å². The maximum Gasteiger partial charge on any atom is 0.203 e. The minimum atomic E-state index is -0.708. The molecule has 1 fully saturated rings. The number of allylic oxidation sites excluding steroid dienone is 6. The standard InChI is InChI=1S/C25H36O3/c1-16-8-6-10-17(2)12-13-25(5)22-20(14-18(3)11-7-9-16)28-15-19(4)21(22)23(26)24(25)27/h8,12,14,19-20,22,26H,6-7,9-11,13,15H2,1-5H3/b16-8+,17-12-,18-14+/t19-,20-,22-,25+/m1/s1/i11D/t11?,19-,20-,22-,25+. The van der Waals surface area contributed by atoms with Gasteiger partial charge in [-0.3, -0.25) is 4.79 Å². The van der Waals surface area contributed by atoms with Crippen LogP contribution in [0.5, 0.6) is 0 Å². The number of aliphatic hydroxyl groups is 1. The Hall–Kier alpha value is -1.61. The van der Waals surface area contributed by atoms with Crippen molar-refractivity contribution >= 4 is 5.78 Å². The van der Waals surface area contributed by atoms with Crippen molar-refractivity contribution in [3.8, 4) is 0 Å². The average molecular weight is 386 g/mol. The van der Waals surface area contributed by atoms with E-state index in [-0.39, 0.29) is 35.9 Å². The summed E-state index contributed by atoms with van der Waals surface area (Å²) in [5.41, 5.74) is 3.75. The largest absolute Gasteiger partial charge is 0.504 e. The fourth-order valence-corrected chi connectivity index (χ4v) is 4.91. The van der Waals surface area contributed by atoms with Gasteiger partial charge in [0.25, 0.3) is 0 Å². The number of hydrogen-bond acceptors (Lipinski definition) is 3. The number of aliphatic hydroxyl groups excluding tert-OH is 1. The molecule has 3 aliphatic rings. The Morgan fingerprint density at radius 3 is 2.64 bits per heavy atom. The molecule has 1 saturated heterocycles. The van der Waals surface area contributed by atoms with Crippen LogP contribution < -0.4 is 0 Å². The Bertz CT molecular complexity index is 788. The molecule has 1 aliphatic heterocycles. The van der Waals surface area contributed by atoms with Crippen molar-refractivity contribution in [3.63, 3.8) is 0 Å². The Balaban J connectivity index is 2.04. The van der Waals surface area contributed by atoms with Crippen molar-refractivity contribution in [3.05, 3.63) is 46.3 Å². The second-order valence-corrected chi connectivity index (χ2v) is 9.22. The number of ether oxygens (including phenoxy) is 1. The molecule has 0 aromatic carbocycles. The minimum absolute atomic E-state index is 0.0292. The van der Waals surface area contributed by atoms with Crippen molar-refractivity contribution < 1.29 is 16.0 Å². The summed E-state index contributed by atoms with van der Waals surface area (Å²) >= 11 is 0. The van der Waals surface area contributed by atoms with Gasteiger partial charge in [-0.05, 0) is 64.8 Å². The molecular formula is C25H36O3. The molecule has 0 saturated carbocycles. The van der Waals surface area contributed by atoms with E-state index in [1.165, 1.54) is 11.1 Å². The Labute approximate surface area is 171 Å². The number of carbonyl (C=O) groups excluding carboxylic acids is 1. The second kappa shape index (κ2) is 8.41. The van der Waals surface area contributed by atoms with E-state index in [0.717, 1.165) is 36.8 Å². The number of Topliss-reactive ketones (excluding diaryl/α,β-unsaturated/α-hetero) is 1. The predicted octanol–water partition coefficient (Wildman–Crippen LogP) is 6.23. The third-order valence-electron chi connectivity index (χ3n) is 6.77. The van der Waals surface area contributed by atoms with Crippen LogP contribution in [0.15, 0.2) is 46.3 Å². The molecule has 0 bridgehead atoms. The van der Waals surface area contributed by atoms with Crippen LogP contribution in [-0.4, -0.2) is 23.6 Å². The van der Waals surface area contributed by atoms with Gasteiger partial charge in [0.2, 0.25) is 5.78 Å². The maximum absolute atomic E-state index is 13.2. The molecule has 1 heterocycles. The van der Waals surface area contributed by atoms with Gasteiger partial charge in [-0.25, -0.2) is 0 Å². The van der Waals surface area contributed by atoms with Gasteiger partial charge in [-0.2, -0.15) is 0 Å². The Morgan fingerprint density at radius 1 is 1.18 bits per heavy atom. The molecule has 1 unspecified atom stereocenters. The summed E-state index contributed by atoms with van der Waals surface area (Å²) in [5.74, 6) is -0.341. The first kappa shape index (κ1) is 19.7. The summed E-state index contributed by atoms with van der Waals surface area (Å²) in [6.45, 7) is 10.8. The summed E-state index contributed by atoms with van der Waals surface area (Å²) < 4.78 is 14.8. The van der Waals surface area contributed by atoms with Crippen LogP contribution in [0, 0.1) is 17.3 Å². The summed E-state index contributed by atoms with van der Waals surface area (Å²) in [6, 6.07) is 0. The second-order valence-electron chi connectivity index (χ2n) is 9.22. The predicted molar refractivity (Wildman–Crippen MR) is 114 cm³/mol. The number of rotatable bonds is 0. The zero-order chi connectivity index (χ0) is 21.3. The van der Waals surface area contributed by atoms with Gasteiger partial charge in [0, 0.05) is 18.6 Å². The van der Waals surface area contributed by atoms with Gasteiger partial charge in [-0.1, -0.05) is 48.8 Å². The third-order valence-corrected chi connectivity index (χ3v) is 6.77. The highest BCUT2D eigenvalue weighted by Gasteiger charge is 2.56. The summed E-state index contributed by atoms with van der Waals surface area (Å²) in [7, 11) is 0. The van der Waals surface area contributed by atoms with Crippen molar-refractivity contribution in [2.45, 2.75) is 79.2 Å². The molecule has 0 aromatic heterocycles. The van der Waals surface area contributed by atoms with Gasteiger partial charge in [0.05, 0.1) is 12.7 Å². The lowest BCUT2D eigenvalue weighted by Gasteiger charge is -2.41. The van der Waals surface area contributed by atoms with Crippen LogP contribution in [0.25, 0.3) is 0 Å². The van der Waals surface area contributed by atoms with Gasteiger partial charge >= 0.3 is 0 Å². The van der Waals surface area contributed by atoms with Crippen LogP contribution in [0.2, 0.25) is 0 Å². The van der Waals surface area contributed by atoms with Crippen molar-refractivity contribution in [2.24, 2.45) is 17.3 Å². The van der Waals surface area contributed by atoms with E-state index in [1.54, 1.807) is 0 Å². The van der Waals surface area contributed by atoms with E-state index in [0.29, 0.717) is 13.0 Å². The van der Waals surface area contributed by atoms with Crippen LogP contribution in [0.1, 0.15) is 74.5 Å². The summed E-state index contributed by atoms with van der Waals surface area (Å²) in [5, 5.41) is 10.7. The maximum atomic E-state index is 13.2. The van der Waals surface area contributed by atoms with Gasteiger partial charge in [0.15, 0.2) is 5.76 Å². The van der Waals surface area contributed by atoms with Crippen molar-refractivity contribution in [1.82, 2.24) is 0 Å². The van der Waals surface area contributed by atoms with Crippen molar-refractivity contribution in [1.29, 1.82) is 0 Å². The van der Waals surface area contributed by atoms with Crippen LogP contribution in [0.4, 0.5) is 0 Å². The lowest BCUT2D eigenvalue weighted by molar-refractivity contribution is -0.129. The Kier molecular flexibility index (Phi) is 5.91. The highest BCUT2D eigenvalue weighted by molar-refractivity contribution is 6.02. The normalized spacial score (nSPS) is 44.1. The van der Waals surface area contributed by atoms with E-state index in [4.69, 9.17) is 6.11 Å². The zero-order valence-electron chi connectivity index (χ0n) is 19.0. The fourth-order valence-electron chi connectivity index (χ4n) is 4.91. The van der Waals surface area contributed by atoms with Crippen molar-refractivity contribution in [2.75, 3.05) is 6.61 Å². The molecule has 0 aromatic rings. The summed E-state index contributed by atoms with van der Waals surface area (Å²) in [4.78, 5) is 13.2. The average Bonchev–Trinajstić information content (AvgIpc) is 2.88. The molecular weight excluding hydrogens is 348 g/mol. The third kappa shape index (κ3) is 4.05. The van der Waals surface area contributed by atoms with E-state index in [9.17, 15) is 9.90 Å². The van der Waals surface area contributed by atoms with Crippen LogP contribution in [0.3, 0.4) is 0 Å². The fraction of sp³-hybridized carbons (Fsp3) is 0.640. The molecule has 28 heavy (non-hydrogen) atoms. The highest BCUT2D eigenvalue weighted by atomic mass is 16.5. The molecule has 1 N–H and O–H groups in total. The number of hydrogen-bond donors (Lipinski definition) is 1. The van der Waals surface area contributed by atoms with E-state index in [1.807, 2.05) is 26.8 Å². The molecule has 3 rings (SSSR count). The monoisotopic (exact) mass is 385 g/mol. The molecule has 2 aliphatic carbocycles. The van der Waals surface area contributed by atoms with Gasteiger partial charge < -0.3 is 9.84 Å². The minimum Gasteiger partial charge on any atom is -0.504 e. The smallest absolute Gasteiger partial charge is 0.203 e. The van der Waals surface area contributed by atoms with E-state index in [2.05, 4.69) is 26.0 Å². The zero-order valence-corrected chi connectivity index (χ0v) is 18.0. The SMILES string of the molecule is [2H]C1CC/C(C)=C/CC/C(C)=C\C[C@]2(C)C(=O)C(O)=C3[C@H](C)CO[C@H](/C=C/1C)[C@H]32. The lowest BCUT2D eigenvalue weighted by Crippen LogP contribution is -2.43. The molecule has 154 valence electrons. The first-order valence-corrected chi connectivity index (χ1v) is 10.7.